The van der Waals surface area contributed by atoms with E-state index in [0.717, 1.165) is 15.4 Å². The highest BCUT2D eigenvalue weighted by atomic mass is 79.9. The Kier molecular flexibility index (Phi) is 3.47. The SMILES string of the molecule is CCc1ccc2c(Br)cc3c4ccccc4c(Br)cc3c2c1. The Labute approximate surface area is 146 Å². The molecule has 0 heterocycles. The lowest BCUT2D eigenvalue weighted by Crippen LogP contribution is -1.86. The van der Waals surface area contributed by atoms with Gasteiger partial charge in [-0.05, 0) is 56.4 Å². The van der Waals surface area contributed by atoms with E-state index in [4.69, 9.17) is 0 Å². The summed E-state index contributed by atoms with van der Waals surface area (Å²) >= 11 is 7.50. The van der Waals surface area contributed by atoms with E-state index < -0.39 is 0 Å². The first-order chi connectivity index (χ1) is 10.7. The summed E-state index contributed by atoms with van der Waals surface area (Å²) in [7, 11) is 0. The molecule has 0 bridgehead atoms. The van der Waals surface area contributed by atoms with Crippen molar-refractivity contribution in [2.75, 3.05) is 0 Å². The van der Waals surface area contributed by atoms with E-state index in [9.17, 15) is 0 Å². The molecule has 0 unspecified atom stereocenters. The smallest absolute Gasteiger partial charge is 0.0260 e. The van der Waals surface area contributed by atoms with Gasteiger partial charge in [0.25, 0.3) is 0 Å². The summed E-state index contributed by atoms with van der Waals surface area (Å²) in [5, 5.41) is 7.73. The van der Waals surface area contributed by atoms with E-state index in [0.29, 0.717) is 0 Å². The summed E-state index contributed by atoms with van der Waals surface area (Å²) in [5.41, 5.74) is 1.37. The molecule has 2 heteroatoms. The fourth-order valence-corrected chi connectivity index (χ4v) is 4.33. The van der Waals surface area contributed by atoms with Crippen LogP contribution >= 0.6 is 31.9 Å². The van der Waals surface area contributed by atoms with Crippen LogP contribution in [-0.4, -0.2) is 0 Å². The number of aryl methyl sites for hydroxylation is 1. The number of hydrogen-bond acceptors (Lipinski definition) is 0. The molecule has 4 rings (SSSR count). The Morgan fingerprint density at radius 3 is 1.86 bits per heavy atom. The molecule has 4 aromatic rings. The highest BCUT2D eigenvalue weighted by molar-refractivity contribution is 9.11. The predicted molar refractivity (Wildman–Crippen MR) is 104 cm³/mol. The van der Waals surface area contributed by atoms with Crippen LogP contribution in [0.2, 0.25) is 0 Å². The maximum absolute atomic E-state index is 3.76. The number of rotatable bonds is 1. The summed E-state index contributed by atoms with van der Waals surface area (Å²) in [6, 6.07) is 19.8. The monoisotopic (exact) mass is 412 g/mol. The van der Waals surface area contributed by atoms with Crippen LogP contribution in [0.25, 0.3) is 32.3 Å². The van der Waals surface area contributed by atoms with E-state index in [1.165, 1.54) is 37.9 Å². The first-order valence-electron chi connectivity index (χ1n) is 7.41. The Balaban J connectivity index is 2.29. The molecule has 0 aromatic heterocycles. The molecule has 0 saturated carbocycles. The Hall–Kier alpha value is -1.38. The summed E-state index contributed by atoms with van der Waals surface area (Å²) in [5.74, 6) is 0. The van der Waals surface area contributed by atoms with Crippen LogP contribution in [0, 0.1) is 0 Å². The van der Waals surface area contributed by atoms with Crippen LogP contribution in [0.3, 0.4) is 0 Å². The molecule has 0 N–H and O–H groups in total. The van der Waals surface area contributed by atoms with E-state index in [2.05, 4.69) is 93.4 Å². The van der Waals surface area contributed by atoms with Crippen LogP contribution in [-0.2, 0) is 6.42 Å². The minimum absolute atomic E-state index is 1.05. The van der Waals surface area contributed by atoms with Gasteiger partial charge >= 0.3 is 0 Å². The van der Waals surface area contributed by atoms with E-state index in [-0.39, 0.29) is 0 Å². The van der Waals surface area contributed by atoms with Gasteiger partial charge < -0.3 is 0 Å². The summed E-state index contributed by atoms with van der Waals surface area (Å²) in [6.07, 6.45) is 1.05. The zero-order valence-corrected chi connectivity index (χ0v) is 15.3. The zero-order valence-electron chi connectivity index (χ0n) is 12.2. The summed E-state index contributed by atoms with van der Waals surface area (Å²) < 4.78 is 2.31. The lowest BCUT2D eigenvalue weighted by Gasteiger charge is -2.12. The molecule has 0 amide bonds. The molecule has 0 atom stereocenters. The molecule has 0 aliphatic heterocycles. The highest BCUT2D eigenvalue weighted by Gasteiger charge is 2.10. The molecule has 108 valence electrons. The van der Waals surface area contributed by atoms with E-state index in [1.54, 1.807) is 0 Å². The normalized spacial score (nSPS) is 11.6. The largest absolute Gasteiger partial charge is 0.0616 e. The Morgan fingerprint density at radius 2 is 1.18 bits per heavy atom. The van der Waals surface area contributed by atoms with Crippen molar-refractivity contribution in [2.24, 2.45) is 0 Å². The minimum atomic E-state index is 1.05. The standard InChI is InChI=1S/C20H14Br2/c1-2-12-7-8-15-16(9-12)18-11-19(21)14-6-4-3-5-13(14)17(18)10-20(15)22/h3-11H,2H2,1H3. The van der Waals surface area contributed by atoms with Crippen LogP contribution in [0.1, 0.15) is 12.5 Å². The molecule has 0 aliphatic rings. The van der Waals surface area contributed by atoms with Crippen LogP contribution in [0.15, 0.2) is 63.5 Å². The third-order valence-corrected chi connectivity index (χ3v) is 5.66. The first-order valence-corrected chi connectivity index (χ1v) is 8.99. The molecule has 22 heavy (non-hydrogen) atoms. The number of fused-ring (bicyclic) bond motifs is 5. The third kappa shape index (κ3) is 2.09. The lowest BCUT2D eigenvalue weighted by atomic mass is 9.95. The van der Waals surface area contributed by atoms with Gasteiger partial charge in [0.1, 0.15) is 0 Å². The van der Waals surface area contributed by atoms with Crippen molar-refractivity contribution in [3.05, 3.63) is 69.1 Å². The second kappa shape index (κ2) is 5.36. The molecule has 4 aromatic carbocycles. The van der Waals surface area contributed by atoms with E-state index in [1.807, 2.05) is 0 Å². The van der Waals surface area contributed by atoms with Crippen LogP contribution in [0.5, 0.6) is 0 Å². The van der Waals surface area contributed by atoms with Crippen molar-refractivity contribution in [1.82, 2.24) is 0 Å². The quantitative estimate of drug-likeness (QED) is 0.288. The van der Waals surface area contributed by atoms with Gasteiger partial charge in [-0.2, -0.15) is 0 Å². The third-order valence-electron chi connectivity index (χ3n) is 4.35. The number of halogens is 2. The van der Waals surface area contributed by atoms with E-state index >= 15 is 0 Å². The average Bonchev–Trinajstić information content (AvgIpc) is 2.56. The fourth-order valence-electron chi connectivity index (χ4n) is 3.18. The lowest BCUT2D eigenvalue weighted by molar-refractivity contribution is 1.15. The minimum Gasteiger partial charge on any atom is -0.0616 e. The summed E-state index contributed by atoms with van der Waals surface area (Å²) in [6.45, 7) is 2.20. The second-order valence-corrected chi connectivity index (χ2v) is 7.30. The van der Waals surface area contributed by atoms with Crippen molar-refractivity contribution < 1.29 is 0 Å². The number of benzene rings is 4. The highest BCUT2D eigenvalue weighted by Crippen LogP contribution is 2.39. The summed E-state index contributed by atoms with van der Waals surface area (Å²) in [4.78, 5) is 0. The van der Waals surface area contributed by atoms with Gasteiger partial charge in [0.05, 0.1) is 0 Å². The van der Waals surface area contributed by atoms with Crippen molar-refractivity contribution in [3.8, 4) is 0 Å². The molecular weight excluding hydrogens is 400 g/mol. The van der Waals surface area contributed by atoms with Gasteiger partial charge in [-0.1, -0.05) is 81.2 Å². The second-order valence-electron chi connectivity index (χ2n) is 5.59. The van der Waals surface area contributed by atoms with Crippen molar-refractivity contribution in [1.29, 1.82) is 0 Å². The van der Waals surface area contributed by atoms with Gasteiger partial charge in [-0.15, -0.1) is 0 Å². The molecule has 0 aliphatic carbocycles. The molecule has 0 fully saturated rings. The molecule has 0 saturated heterocycles. The average molecular weight is 414 g/mol. The molecule has 0 radical (unpaired) electrons. The van der Waals surface area contributed by atoms with Crippen molar-refractivity contribution >= 4 is 64.2 Å². The molecular formula is C20H14Br2. The van der Waals surface area contributed by atoms with Crippen LogP contribution in [0.4, 0.5) is 0 Å². The van der Waals surface area contributed by atoms with Crippen molar-refractivity contribution in [2.45, 2.75) is 13.3 Å². The van der Waals surface area contributed by atoms with Gasteiger partial charge in [0.15, 0.2) is 0 Å². The Bertz CT molecular complexity index is 1030. The maximum Gasteiger partial charge on any atom is 0.0260 e. The zero-order chi connectivity index (χ0) is 15.3. The molecule has 0 nitrogen and oxygen atoms in total. The predicted octanol–water partition coefficient (Wildman–Crippen LogP) is 7.23. The van der Waals surface area contributed by atoms with Gasteiger partial charge in [0, 0.05) is 8.95 Å². The first kappa shape index (κ1) is 14.2. The van der Waals surface area contributed by atoms with Crippen molar-refractivity contribution in [3.63, 3.8) is 0 Å². The molecule has 0 spiro atoms. The van der Waals surface area contributed by atoms with Crippen LogP contribution < -0.4 is 0 Å². The maximum atomic E-state index is 3.76. The Morgan fingerprint density at radius 1 is 0.636 bits per heavy atom. The van der Waals surface area contributed by atoms with Gasteiger partial charge in [-0.25, -0.2) is 0 Å². The van der Waals surface area contributed by atoms with Gasteiger partial charge in [-0.3, -0.25) is 0 Å². The fraction of sp³-hybridized carbons (Fsp3) is 0.100. The van der Waals surface area contributed by atoms with Gasteiger partial charge in [0.2, 0.25) is 0 Å². The number of hydrogen-bond donors (Lipinski definition) is 0. The topological polar surface area (TPSA) is 0 Å².